The zero-order valence-corrected chi connectivity index (χ0v) is 8.58. The van der Waals surface area contributed by atoms with Crippen LogP contribution in [-0.4, -0.2) is 25.2 Å². The van der Waals surface area contributed by atoms with E-state index in [1.54, 1.807) is 13.2 Å². The van der Waals surface area contributed by atoms with Crippen molar-refractivity contribution >= 4 is 5.91 Å². The van der Waals surface area contributed by atoms with Crippen LogP contribution in [0.1, 0.15) is 25.7 Å². The van der Waals surface area contributed by atoms with Crippen LogP contribution in [0.5, 0.6) is 0 Å². The molecule has 78 valence electrons. The van der Waals surface area contributed by atoms with Gasteiger partial charge in [0.25, 0.3) is 0 Å². The molecular weight excluding hydrogens is 178 g/mol. The average Bonchev–Trinajstić information content (AvgIpc) is 2.48. The molecule has 3 nitrogen and oxygen atoms in total. The minimum atomic E-state index is -0.0431. The Morgan fingerprint density at radius 1 is 1.71 bits per heavy atom. The highest BCUT2D eigenvalue weighted by Gasteiger charge is 2.37. The Hall–Kier alpha value is -0.830. The van der Waals surface area contributed by atoms with E-state index >= 15 is 0 Å². The molecule has 1 spiro atoms. The molecule has 2 unspecified atom stereocenters. The lowest BCUT2D eigenvalue weighted by atomic mass is 9.76. The maximum absolute atomic E-state index is 11.2. The van der Waals surface area contributed by atoms with E-state index < -0.39 is 0 Å². The van der Waals surface area contributed by atoms with Gasteiger partial charge >= 0.3 is 0 Å². The molecule has 3 heteroatoms. The molecule has 1 fully saturated rings. The predicted octanol–water partition coefficient (Wildman–Crippen LogP) is 1.25. The van der Waals surface area contributed by atoms with E-state index in [0.29, 0.717) is 5.92 Å². The Morgan fingerprint density at radius 3 is 3.21 bits per heavy atom. The first kappa shape index (κ1) is 9.71. The van der Waals surface area contributed by atoms with Gasteiger partial charge in [-0.15, -0.1) is 0 Å². The Labute approximate surface area is 84.5 Å². The largest absolute Gasteiger partial charge is 0.384 e. The maximum atomic E-state index is 11.2. The second-order valence-corrected chi connectivity index (χ2v) is 4.40. The number of carbonyl (C=O) groups excluding carboxylic acids is 1. The zero-order valence-electron chi connectivity index (χ0n) is 8.58. The van der Waals surface area contributed by atoms with Gasteiger partial charge < -0.3 is 10.1 Å². The van der Waals surface area contributed by atoms with Crippen LogP contribution >= 0.6 is 0 Å². The standard InChI is InChI=1S/C11H17NO2/c1-14-8-9-3-2-5-11(7-9)6-4-10(13)12-11/h4,6,9H,2-3,5,7-8H2,1H3,(H,12,13). The van der Waals surface area contributed by atoms with Gasteiger partial charge in [0.15, 0.2) is 0 Å². The number of methoxy groups -OCH3 is 1. The van der Waals surface area contributed by atoms with Gasteiger partial charge in [-0.2, -0.15) is 0 Å². The molecule has 2 aliphatic rings. The van der Waals surface area contributed by atoms with E-state index in [2.05, 4.69) is 5.32 Å². The number of hydrogen-bond donors (Lipinski definition) is 1. The fourth-order valence-corrected chi connectivity index (χ4v) is 2.63. The lowest BCUT2D eigenvalue weighted by Crippen LogP contribution is -2.46. The summed E-state index contributed by atoms with van der Waals surface area (Å²) in [6.07, 6.45) is 8.21. The molecule has 0 aromatic heterocycles. The van der Waals surface area contributed by atoms with Crippen molar-refractivity contribution in [3.8, 4) is 0 Å². The van der Waals surface area contributed by atoms with Gasteiger partial charge in [0.05, 0.1) is 5.54 Å². The highest BCUT2D eigenvalue weighted by Crippen LogP contribution is 2.35. The van der Waals surface area contributed by atoms with Crippen molar-refractivity contribution in [2.45, 2.75) is 31.2 Å². The molecule has 1 heterocycles. The van der Waals surface area contributed by atoms with Crippen LogP contribution in [0.15, 0.2) is 12.2 Å². The molecule has 1 N–H and O–H groups in total. The van der Waals surface area contributed by atoms with Crippen LogP contribution in [0.4, 0.5) is 0 Å². The van der Waals surface area contributed by atoms with Crippen molar-refractivity contribution in [1.82, 2.24) is 5.32 Å². The summed E-state index contributed by atoms with van der Waals surface area (Å²) in [6, 6.07) is 0. The highest BCUT2D eigenvalue weighted by molar-refractivity contribution is 5.91. The van der Waals surface area contributed by atoms with Crippen molar-refractivity contribution in [1.29, 1.82) is 0 Å². The molecule has 1 aliphatic heterocycles. The third-order valence-corrected chi connectivity index (χ3v) is 3.22. The van der Waals surface area contributed by atoms with Crippen molar-refractivity contribution in [2.75, 3.05) is 13.7 Å². The minimum Gasteiger partial charge on any atom is -0.384 e. The average molecular weight is 195 g/mol. The molecular formula is C11H17NO2. The first-order valence-electron chi connectivity index (χ1n) is 5.24. The molecule has 2 rings (SSSR count). The number of carbonyl (C=O) groups is 1. The minimum absolute atomic E-state index is 0.0431. The van der Waals surface area contributed by atoms with E-state index in [9.17, 15) is 4.79 Å². The molecule has 0 saturated heterocycles. The molecule has 14 heavy (non-hydrogen) atoms. The van der Waals surface area contributed by atoms with Crippen LogP contribution in [0.2, 0.25) is 0 Å². The summed E-state index contributed by atoms with van der Waals surface area (Å²) in [5, 5.41) is 3.05. The molecule has 1 aliphatic carbocycles. The summed E-state index contributed by atoms with van der Waals surface area (Å²) in [4.78, 5) is 11.2. The molecule has 0 bridgehead atoms. The first-order valence-corrected chi connectivity index (χ1v) is 5.24. The van der Waals surface area contributed by atoms with Gasteiger partial charge in [0.1, 0.15) is 0 Å². The van der Waals surface area contributed by atoms with Crippen LogP contribution in [0.3, 0.4) is 0 Å². The van der Waals surface area contributed by atoms with Gasteiger partial charge in [0.2, 0.25) is 5.91 Å². The summed E-state index contributed by atoms with van der Waals surface area (Å²) in [5.41, 5.74) is -0.0431. The van der Waals surface area contributed by atoms with E-state index in [-0.39, 0.29) is 11.4 Å². The lowest BCUT2D eigenvalue weighted by Gasteiger charge is -2.36. The highest BCUT2D eigenvalue weighted by atomic mass is 16.5. The summed E-state index contributed by atoms with van der Waals surface area (Å²) < 4.78 is 5.17. The quantitative estimate of drug-likeness (QED) is 0.720. The summed E-state index contributed by atoms with van der Waals surface area (Å²) in [6.45, 7) is 0.811. The predicted molar refractivity (Wildman–Crippen MR) is 53.8 cm³/mol. The van der Waals surface area contributed by atoms with Crippen molar-refractivity contribution < 1.29 is 9.53 Å². The monoisotopic (exact) mass is 195 g/mol. The number of ether oxygens (including phenoxy) is 1. The van der Waals surface area contributed by atoms with Gasteiger partial charge in [-0.25, -0.2) is 0 Å². The van der Waals surface area contributed by atoms with E-state index in [1.165, 1.54) is 12.8 Å². The van der Waals surface area contributed by atoms with Crippen molar-refractivity contribution in [3.63, 3.8) is 0 Å². The molecule has 2 atom stereocenters. The Kier molecular flexibility index (Phi) is 2.59. The van der Waals surface area contributed by atoms with Gasteiger partial charge in [-0.05, 0) is 25.2 Å². The lowest BCUT2D eigenvalue weighted by molar-refractivity contribution is -0.117. The normalized spacial score (nSPS) is 36.4. The number of nitrogens with one attached hydrogen (secondary N) is 1. The third kappa shape index (κ3) is 1.82. The summed E-state index contributed by atoms with van der Waals surface area (Å²) >= 11 is 0. The van der Waals surface area contributed by atoms with Crippen LogP contribution in [-0.2, 0) is 9.53 Å². The summed E-state index contributed by atoms with van der Waals surface area (Å²) in [5.74, 6) is 0.653. The molecule has 0 aromatic rings. The van der Waals surface area contributed by atoms with E-state index in [4.69, 9.17) is 4.74 Å². The maximum Gasteiger partial charge on any atom is 0.244 e. The van der Waals surface area contributed by atoms with E-state index in [1.807, 2.05) is 6.08 Å². The molecule has 0 radical (unpaired) electrons. The second kappa shape index (κ2) is 3.73. The van der Waals surface area contributed by atoms with Gasteiger partial charge in [-0.3, -0.25) is 4.79 Å². The number of hydrogen-bond acceptors (Lipinski definition) is 2. The van der Waals surface area contributed by atoms with Crippen LogP contribution < -0.4 is 5.32 Å². The van der Waals surface area contributed by atoms with Crippen molar-refractivity contribution in [2.24, 2.45) is 5.92 Å². The zero-order chi connectivity index (χ0) is 10.0. The van der Waals surface area contributed by atoms with Gasteiger partial charge in [0, 0.05) is 19.8 Å². The first-order chi connectivity index (χ1) is 6.74. The van der Waals surface area contributed by atoms with Crippen molar-refractivity contribution in [3.05, 3.63) is 12.2 Å². The molecule has 1 saturated carbocycles. The molecule has 0 aromatic carbocycles. The van der Waals surface area contributed by atoms with Gasteiger partial charge in [-0.1, -0.05) is 12.5 Å². The number of rotatable bonds is 2. The Balaban J connectivity index is 2.00. The smallest absolute Gasteiger partial charge is 0.244 e. The fraction of sp³-hybridized carbons (Fsp3) is 0.727. The van der Waals surface area contributed by atoms with Crippen LogP contribution in [0.25, 0.3) is 0 Å². The Bertz CT molecular complexity index is 260. The topological polar surface area (TPSA) is 38.3 Å². The third-order valence-electron chi connectivity index (χ3n) is 3.22. The number of amides is 1. The Morgan fingerprint density at radius 2 is 2.57 bits per heavy atom. The second-order valence-electron chi connectivity index (χ2n) is 4.40. The molecule has 1 amide bonds. The van der Waals surface area contributed by atoms with Crippen LogP contribution in [0, 0.1) is 5.92 Å². The fourth-order valence-electron chi connectivity index (χ4n) is 2.63. The van der Waals surface area contributed by atoms with E-state index in [0.717, 1.165) is 19.4 Å². The summed E-state index contributed by atoms with van der Waals surface area (Å²) in [7, 11) is 1.74. The SMILES string of the molecule is COCC1CCCC2(C=CC(=O)N2)C1.